The van der Waals surface area contributed by atoms with Gasteiger partial charge in [0.05, 0.1) is 11.4 Å². The van der Waals surface area contributed by atoms with E-state index in [0.29, 0.717) is 33.2 Å². The van der Waals surface area contributed by atoms with E-state index in [1.54, 1.807) is 12.1 Å². The summed E-state index contributed by atoms with van der Waals surface area (Å²) in [4.78, 5) is 12.6. The second kappa shape index (κ2) is 9.68. The number of ether oxygens (including phenoxy) is 1. The van der Waals surface area contributed by atoms with Crippen molar-refractivity contribution in [3.63, 3.8) is 0 Å². The Labute approximate surface area is 189 Å². The molecule has 4 rings (SSSR count). The van der Waals surface area contributed by atoms with Crippen LogP contribution in [-0.4, -0.2) is 26.4 Å². The quantitative estimate of drug-likeness (QED) is 0.368. The van der Waals surface area contributed by atoms with Crippen molar-refractivity contribution in [1.29, 1.82) is 0 Å². The lowest BCUT2D eigenvalue weighted by Gasteiger charge is -2.12. The minimum Gasteiger partial charge on any atom is -0.455 e. The molecule has 8 heteroatoms. The Morgan fingerprint density at radius 2 is 1.71 bits per heavy atom. The van der Waals surface area contributed by atoms with Crippen LogP contribution in [0.1, 0.15) is 0 Å². The van der Waals surface area contributed by atoms with Gasteiger partial charge in [-0.15, -0.1) is 10.2 Å². The van der Waals surface area contributed by atoms with E-state index in [4.69, 9.17) is 16.3 Å². The van der Waals surface area contributed by atoms with Crippen LogP contribution >= 0.6 is 23.4 Å². The minimum atomic E-state index is -0.162. The number of nitrogens with one attached hydrogen (secondary N) is 1. The standard InChI is InChI=1S/C23H19ClN4O2S/c1-28-22(16-11-13-17(24)14-12-16)26-27-23(28)31-15-21(29)25-19-9-5-6-10-20(19)30-18-7-3-2-4-8-18/h2-14H,15H2,1H3,(H,25,29). The van der Waals surface area contributed by atoms with Gasteiger partial charge in [0.2, 0.25) is 5.91 Å². The van der Waals surface area contributed by atoms with Crippen LogP contribution in [0.5, 0.6) is 11.5 Å². The number of para-hydroxylation sites is 3. The molecule has 0 radical (unpaired) electrons. The van der Waals surface area contributed by atoms with Gasteiger partial charge in [-0.25, -0.2) is 0 Å². The summed E-state index contributed by atoms with van der Waals surface area (Å²) in [6, 6.07) is 24.2. The zero-order chi connectivity index (χ0) is 21.6. The van der Waals surface area contributed by atoms with Gasteiger partial charge in [0.1, 0.15) is 5.75 Å². The summed E-state index contributed by atoms with van der Waals surface area (Å²) in [5.74, 6) is 2.01. The summed E-state index contributed by atoms with van der Waals surface area (Å²) in [6.07, 6.45) is 0. The molecule has 6 nitrogen and oxygen atoms in total. The summed E-state index contributed by atoms with van der Waals surface area (Å²) >= 11 is 7.26. The highest BCUT2D eigenvalue weighted by Gasteiger charge is 2.14. The molecule has 0 spiro atoms. The Morgan fingerprint density at radius 1 is 1.00 bits per heavy atom. The number of anilines is 1. The molecule has 0 aliphatic carbocycles. The molecule has 0 unspecified atom stereocenters. The largest absolute Gasteiger partial charge is 0.455 e. The van der Waals surface area contributed by atoms with Crippen LogP contribution in [-0.2, 0) is 11.8 Å². The summed E-state index contributed by atoms with van der Waals surface area (Å²) in [5, 5.41) is 12.7. The fraction of sp³-hybridized carbons (Fsp3) is 0.0870. The van der Waals surface area contributed by atoms with E-state index < -0.39 is 0 Å². The third-order valence-electron chi connectivity index (χ3n) is 4.40. The number of carbonyl (C=O) groups excluding carboxylic acids is 1. The molecule has 0 bridgehead atoms. The number of thioether (sulfide) groups is 1. The molecule has 0 fully saturated rings. The molecule has 156 valence electrons. The van der Waals surface area contributed by atoms with Crippen molar-refractivity contribution in [2.45, 2.75) is 5.16 Å². The summed E-state index contributed by atoms with van der Waals surface area (Å²) in [6.45, 7) is 0. The number of nitrogens with zero attached hydrogens (tertiary/aromatic N) is 3. The lowest BCUT2D eigenvalue weighted by atomic mass is 10.2. The van der Waals surface area contributed by atoms with Crippen molar-refractivity contribution in [3.8, 4) is 22.9 Å². The predicted octanol–water partition coefficient (Wildman–Crippen LogP) is 5.66. The summed E-state index contributed by atoms with van der Waals surface area (Å²) < 4.78 is 7.75. The highest BCUT2D eigenvalue weighted by atomic mass is 35.5. The zero-order valence-electron chi connectivity index (χ0n) is 16.7. The molecule has 31 heavy (non-hydrogen) atoms. The SMILES string of the molecule is Cn1c(SCC(=O)Nc2ccccc2Oc2ccccc2)nnc1-c1ccc(Cl)cc1. The van der Waals surface area contributed by atoms with Gasteiger partial charge in [0.25, 0.3) is 0 Å². The predicted molar refractivity (Wildman–Crippen MR) is 124 cm³/mol. The van der Waals surface area contributed by atoms with Gasteiger partial charge in [-0.2, -0.15) is 0 Å². The van der Waals surface area contributed by atoms with Crippen LogP contribution in [0, 0.1) is 0 Å². The van der Waals surface area contributed by atoms with Gasteiger partial charge < -0.3 is 14.6 Å². The molecule has 1 amide bonds. The average molecular weight is 451 g/mol. The monoisotopic (exact) mass is 450 g/mol. The van der Waals surface area contributed by atoms with Gasteiger partial charge in [-0.05, 0) is 48.5 Å². The Balaban J connectivity index is 1.40. The number of benzene rings is 3. The number of rotatable bonds is 7. The first-order chi connectivity index (χ1) is 15.1. The highest BCUT2D eigenvalue weighted by Crippen LogP contribution is 2.29. The van der Waals surface area contributed by atoms with Crippen molar-refractivity contribution >= 4 is 35.0 Å². The molecule has 1 aromatic heterocycles. The van der Waals surface area contributed by atoms with E-state index in [0.717, 1.165) is 5.56 Å². The van der Waals surface area contributed by atoms with Crippen molar-refractivity contribution in [3.05, 3.63) is 83.9 Å². The van der Waals surface area contributed by atoms with E-state index in [9.17, 15) is 4.79 Å². The fourth-order valence-electron chi connectivity index (χ4n) is 2.88. The van der Waals surface area contributed by atoms with Gasteiger partial charge in [-0.3, -0.25) is 4.79 Å². The molecule has 0 saturated heterocycles. The van der Waals surface area contributed by atoms with Crippen molar-refractivity contribution in [2.75, 3.05) is 11.1 Å². The van der Waals surface area contributed by atoms with Crippen molar-refractivity contribution in [1.82, 2.24) is 14.8 Å². The van der Waals surface area contributed by atoms with Crippen LogP contribution in [0.15, 0.2) is 84.0 Å². The van der Waals surface area contributed by atoms with Crippen LogP contribution in [0.3, 0.4) is 0 Å². The van der Waals surface area contributed by atoms with Gasteiger partial charge in [0.15, 0.2) is 16.7 Å². The maximum absolute atomic E-state index is 12.6. The van der Waals surface area contributed by atoms with Crippen LogP contribution in [0.2, 0.25) is 5.02 Å². The molecule has 3 aromatic carbocycles. The van der Waals surface area contributed by atoms with Gasteiger partial charge in [-0.1, -0.05) is 53.7 Å². The summed E-state index contributed by atoms with van der Waals surface area (Å²) in [5.41, 5.74) is 1.51. The summed E-state index contributed by atoms with van der Waals surface area (Å²) in [7, 11) is 1.87. The van der Waals surface area contributed by atoms with Crippen molar-refractivity contribution < 1.29 is 9.53 Å². The Morgan fingerprint density at radius 3 is 2.48 bits per heavy atom. The van der Waals surface area contributed by atoms with E-state index >= 15 is 0 Å². The number of amides is 1. The first-order valence-corrected chi connectivity index (χ1v) is 10.9. The topological polar surface area (TPSA) is 69.0 Å². The molecule has 4 aromatic rings. The lowest BCUT2D eigenvalue weighted by molar-refractivity contribution is -0.113. The van der Waals surface area contributed by atoms with Crippen LogP contribution in [0.25, 0.3) is 11.4 Å². The van der Waals surface area contributed by atoms with E-state index in [2.05, 4.69) is 15.5 Å². The Bertz CT molecular complexity index is 1180. The highest BCUT2D eigenvalue weighted by molar-refractivity contribution is 7.99. The number of halogens is 1. The third kappa shape index (κ3) is 5.25. The van der Waals surface area contributed by atoms with E-state index in [1.807, 2.05) is 78.3 Å². The first-order valence-electron chi connectivity index (χ1n) is 9.50. The molecule has 0 atom stereocenters. The fourth-order valence-corrected chi connectivity index (χ4v) is 3.72. The maximum atomic E-state index is 12.6. The minimum absolute atomic E-state index is 0.162. The molecule has 1 heterocycles. The van der Waals surface area contributed by atoms with Crippen LogP contribution in [0.4, 0.5) is 5.69 Å². The van der Waals surface area contributed by atoms with Crippen molar-refractivity contribution in [2.24, 2.45) is 7.05 Å². The molecule has 0 aliphatic rings. The third-order valence-corrected chi connectivity index (χ3v) is 5.67. The molecule has 1 N–H and O–H groups in total. The molecule has 0 saturated carbocycles. The van der Waals surface area contributed by atoms with E-state index in [-0.39, 0.29) is 11.7 Å². The zero-order valence-corrected chi connectivity index (χ0v) is 18.2. The van der Waals surface area contributed by atoms with Crippen LogP contribution < -0.4 is 10.1 Å². The average Bonchev–Trinajstić information content (AvgIpc) is 3.15. The normalized spacial score (nSPS) is 10.6. The second-order valence-corrected chi connectivity index (χ2v) is 8.00. The lowest BCUT2D eigenvalue weighted by Crippen LogP contribution is -2.15. The Hall–Kier alpha value is -3.29. The van der Waals surface area contributed by atoms with Gasteiger partial charge in [0, 0.05) is 17.6 Å². The van der Waals surface area contributed by atoms with E-state index in [1.165, 1.54) is 11.8 Å². The number of aromatic nitrogens is 3. The number of hydrogen-bond donors (Lipinski definition) is 1. The molecular weight excluding hydrogens is 432 g/mol. The smallest absolute Gasteiger partial charge is 0.234 e. The second-order valence-electron chi connectivity index (χ2n) is 6.62. The Kier molecular flexibility index (Phi) is 6.54. The van der Waals surface area contributed by atoms with Gasteiger partial charge >= 0.3 is 0 Å². The first kappa shape index (κ1) is 21.0. The molecule has 0 aliphatic heterocycles. The molecular formula is C23H19ClN4O2S. The maximum Gasteiger partial charge on any atom is 0.234 e. The number of hydrogen-bond acceptors (Lipinski definition) is 5. The number of carbonyl (C=O) groups is 1.